The molecule has 3 nitrogen and oxygen atoms in total. The number of nitrogens with zero attached hydrogens (tertiary/aromatic N) is 2. The van der Waals surface area contributed by atoms with Gasteiger partial charge in [0.15, 0.2) is 0 Å². The fraction of sp³-hybridized carbons (Fsp3) is 0.750. The fourth-order valence-corrected chi connectivity index (χ4v) is 2.34. The van der Waals surface area contributed by atoms with Crippen LogP contribution in [0.1, 0.15) is 43.8 Å². The zero-order valence-corrected chi connectivity index (χ0v) is 9.73. The summed E-state index contributed by atoms with van der Waals surface area (Å²) in [5.74, 6) is 0. The Bertz CT molecular complexity index is 348. The standard InChI is InChI=1S/C12H18F2N2O/c13-12(14)11(17)8-9-6-7-16(15-9)10-4-2-1-3-5-10/h6-7,10-12,17H,1-5,8H2. The average molecular weight is 244 g/mol. The lowest BCUT2D eigenvalue weighted by atomic mass is 9.96. The Morgan fingerprint density at radius 3 is 2.71 bits per heavy atom. The fourth-order valence-electron chi connectivity index (χ4n) is 2.34. The lowest BCUT2D eigenvalue weighted by Crippen LogP contribution is -2.21. The smallest absolute Gasteiger partial charge is 0.264 e. The van der Waals surface area contributed by atoms with Crippen molar-refractivity contribution in [3.8, 4) is 0 Å². The molecule has 0 bridgehead atoms. The van der Waals surface area contributed by atoms with Crippen molar-refractivity contribution in [3.63, 3.8) is 0 Å². The topological polar surface area (TPSA) is 38.0 Å². The maximum Gasteiger partial charge on any atom is 0.264 e. The SMILES string of the molecule is OC(Cc1ccn(C2CCCCC2)n1)C(F)F. The Morgan fingerprint density at radius 1 is 1.35 bits per heavy atom. The first-order valence-corrected chi connectivity index (χ1v) is 6.17. The molecule has 2 rings (SSSR count). The third kappa shape index (κ3) is 3.25. The molecule has 1 aliphatic carbocycles. The van der Waals surface area contributed by atoms with E-state index < -0.39 is 12.5 Å². The van der Waals surface area contributed by atoms with Gasteiger partial charge in [0.05, 0.1) is 11.7 Å². The largest absolute Gasteiger partial charge is 0.387 e. The molecular weight excluding hydrogens is 226 g/mol. The molecule has 1 saturated carbocycles. The van der Waals surface area contributed by atoms with E-state index in [9.17, 15) is 8.78 Å². The zero-order valence-electron chi connectivity index (χ0n) is 9.73. The number of halogens is 2. The molecule has 0 spiro atoms. The van der Waals surface area contributed by atoms with E-state index in [1.54, 1.807) is 6.07 Å². The molecule has 0 amide bonds. The van der Waals surface area contributed by atoms with E-state index in [0.717, 1.165) is 12.8 Å². The van der Waals surface area contributed by atoms with Crippen molar-refractivity contribution in [1.29, 1.82) is 0 Å². The van der Waals surface area contributed by atoms with Crippen LogP contribution in [0.25, 0.3) is 0 Å². The van der Waals surface area contributed by atoms with E-state index in [0.29, 0.717) is 11.7 Å². The molecule has 0 radical (unpaired) electrons. The molecule has 1 heterocycles. The van der Waals surface area contributed by atoms with Gasteiger partial charge in [-0.2, -0.15) is 5.10 Å². The molecular formula is C12H18F2N2O. The van der Waals surface area contributed by atoms with E-state index in [1.807, 2.05) is 10.9 Å². The number of rotatable bonds is 4. The first kappa shape index (κ1) is 12.5. The maximum absolute atomic E-state index is 12.2. The van der Waals surface area contributed by atoms with Crippen LogP contribution in [0.15, 0.2) is 12.3 Å². The van der Waals surface area contributed by atoms with Crippen LogP contribution >= 0.6 is 0 Å². The third-order valence-corrected chi connectivity index (χ3v) is 3.32. The van der Waals surface area contributed by atoms with Crippen molar-refractivity contribution >= 4 is 0 Å². The van der Waals surface area contributed by atoms with Gasteiger partial charge in [-0.3, -0.25) is 4.68 Å². The highest BCUT2D eigenvalue weighted by molar-refractivity contribution is 5.02. The van der Waals surface area contributed by atoms with E-state index in [2.05, 4.69) is 5.10 Å². The van der Waals surface area contributed by atoms with Gasteiger partial charge in [-0.1, -0.05) is 19.3 Å². The average Bonchev–Trinajstić information content (AvgIpc) is 2.78. The zero-order chi connectivity index (χ0) is 12.3. The van der Waals surface area contributed by atoms with E-state index in [-0.39, 0.29) is 6.42 Å². The molecule has 1 aromatic rings. The summed E-state index contributed by atoms with van der Waals surface area (Å²) in [7, 11) is 0. The second kappa shape index (κ2) is 5.58. The maximum atomic E-state index is 12.2. The van der Waals surface area contributed by atoms with Crippen molar-refractivity contribution in [2.24, 2.45) is 0 Å². The number of aliphatic hydroxyl groups excluding tert-OH is 1. The molecule has 0 aromatic carbocycles. The number of aromatic nitrogens is 2. The van der Waals surface area contributed by atoms with Gasteiger partial charge in [0.25, 0.3) is 6.43 Å². The summed E-state index contributed by atoms with van der Waals surface area (Å²) < 4.78 is 26.2. The third-order valence-electron chi connectivity index (χ3n) is 3.32. The molecule has 1 N–H and O–H groups in total. The highest BCUT2D eigenvalue weighted by atomic mass is 19.3. The molecule has 1 atom stereocenters. The van der Waals surface area contributed by atoms with Crippen molar-refractivity contribution in [2.45, 2.75) is 57.1 Å². The van der Waals surface area contributed by atoms with Crippen LogP contribution in [-0.4, -0.2) is 27.4 Å². The van der Waals surface area contributed by atoms with Gasteiger partial charge in [-0.25, -0.2) is 8.78 Å². The summed E-state index contributed by atoms with van der Waals surface area (Å²) in [4.78, 5) is 0. The van der Waals surface area contributed by atoms with Gasteiger partial charge < -0.3 is 5.11 Å². The Balaban J connectivity index is 1.95. The van der Waals surface area contributed by atoms with Crippen LogP contribution in [0.5, 0.6) is 0 Å². The molecule has 5 heteroatoms. The Morgan fingerprint density at radius 2 is 2.06 bits per heavy atom. The molecule has 96 valence electrons. The summed E-state index contributed by atoms with van der Waals surface area (Å²) in [5.41, 5.74) is 0.545. The minimum absolute atomic E-state index is 0.0720. The second-order valence-corrected chi connectivity index (χ2v) is 4.68. The Kier molecular flexibility index (Phi) is 4.10. The summed E-state index contributed by atoms with van der Waals surface area (Å²) in [6.45, 7) is 0. The quantitative estimate of drug-likeness (QED) is 0.884. The molecule has 17 heavy (non-hydrogen) atoms. The molecule has 0 saturated heterocycles. The highest BCUT2D eigenvalue weighted by Crippen LogP contribution is 2.27. The van der Waals surface area contributed by atoms with Gasteiger partial charge in [0, 0.05) is 12.6 Å². The summed E-state index contributed by atoms with van der Waals surface area (Å²) in [6, 6.07) is 2.13. The minimum Gasteiger partial charge on any atom is -0.387 e. The van der Waals surface area contributed by atoms with Crippen LogP contribution in [0.4, 0.5) is 8.78 Å². The van der Waals surface area contributed by atoms with E-state index in [1.165, 1.54) is 19.3 Å². The summed E-state index contributed by atoms with van der Waals surface area (Å²) >= 11 is 0. The first-order valence-electron chi connectivity index (χ1n) is 6.17. The van der Waals surface area contributed by atoms with Crippen LogP contribution in [0.2, 0.25) is 0 Å². The Labute approximate surface area is 99.4 Å². The number of alkyl halides is 2. The normalized spacial score (nSPS) is 19.8. The molecule has 0 aliphatic heterocycles. The monoisotopic (exact) mass is 244 g/mol. The lowest BCUT2D eigenvalue weighted by Gasteiger charge is -2.21. The van der Waals surface area contributed by atoms with Crippen LogP contribution in [0, 0.1) is 0 Å². The van der Waals surface area contributed by atoms with Crippen molar-refractivity contribution in [2.75, 3.05) is 0 Å². The first-order chi connectivity index (χ1) is 8.16. The number of hydrogen-bond acceptors (Lipinski definition) is 2. The highest BCUT2D eigenvalue weighted by Gasteiger charge is 2.20. The van der Waals surface area contributed by atoms with Gasteiger partial charge >= 0.3 is 0 Å². The van der Waals surface area contributed by atoms with Crippen molar-refractivity contribution in [1.82, 2.24) is 9.78 Å². The van der Waals surface area contributed by atoms with Crippen LogP contribution in [0.3, 0.4) is 0 Å². The van der Waals surface area contributed by atoms with Gasteiger partial charge in [0.2, 0.25) is 0 Å². The predicted molar refractivity (Wildman–Crippen MR) is 60.1 cm³/mol. The lowest BCUT2D eigenvalue weighted by molar-refractivity contribution is -0.00426. The summed E-state index contributed by atoms with van der Waals surface area (Å²) in [5, 5.41) is 13.4. The van der Waals surface area contributed by atoms with Crippen molar-refractivity contribution < 1.29 is 13.9 Å². The molecule has 1 unspecified atom stereocenters. The van der Waals surface area contributed by atoms with Gasteiger partial charge in [0.1, 0.15) is 6.10 Å². The van der Waals surface area contributed by atoms with Crippen LogP contribution in [-0.2, 0) is 6.42 Å². The predicted octanol–water partition coefficient (Wildman–Crippen LogP) is 2.56. The summed E-state index contributed by atoms with van der Waals surface area (Å²) in [6.07, 6.45) is 3.37. The van der Waals surface area contributed by atoms with Crippen LogP contribution < -0.4 is 0 Å². The number of hydrogen-bond donors (Lipinski definition) is 1. The number of aliphatic hydroxyl groups is 1. The second-order valence-electron chi connectivity index (χ2n) is 4.68. The minimum atomic E-state index is -2.70. The van der Waals surface area contributed by atoms with E-state index >= 15 is 0 Å². The van der Waals surface area contributed by atoms with E-state index in [4.69, 9.17) is 5.11 Å². The Hall–Kier alpha value is -0.970. The van der Waals surface area contributed by atoms with Gasteiger partial charge in [-0.05, 0) is 18.9 Å². The van der Waals surface area contributed by atoms with Gasteiger partial charge in [-0.15, -0.1) is 0 Å². The molecule has 1 aliphatic rings. The molecule has 1 aromatic heterocycles. The van der Waals surface area contributed by atoms with Crippen molar-refractivity contribution in [3.05, 3.63) is 18.0 Å². The molecule has 1 fully saturated rings.